The summed E-state index contributed by atoms with van der Waals surface area (Å²) in [6.45, 7) is 4.88. The molecule has 22 heavy (non-hydrogen) atoms. The molecule has 2 rings (SSSR count). The lowest BCUT2D eigenvalue weighted by molar-refractivity contribution is 0.0532. The zero-order valence-corrected chi connectivity index (χ0v) is 13.6. The van der Waals surface area contributed by atoms with E-state index in [1.807, 2.05) is 18.2 Å². The van der Waals surface area contributed by atoms with Crippen molar-refractivity contribution in [1.82, 2.24) is 5.32 Å². The van der Waals surface area contributed by atoms with Crippen LogP contribution in [-0.2, 0) is 4.74 Å². The lowest BCUT2D eigenvalue weighted by Crippen LogP contribution is -2.29. The normalized spacial score (nSPS) is 10.5. The number of esters is 1. The fourth-order valence-electron chi connectivity index (χ4n) is 1.98. The molecule has 0 unspecified atom stereocenters. The fraction of sp³-hybridized carbons (Fsp3) is 0.375. The molecule has 2 aromatic rings. The Balaban J connectivity index is 2.06. The number of unbranched alkanes of at least 4 members (excludes halogenated alkanes) is 1. The van der Waals surface area contributed by atoms with Crippen LogP contribution in [0.15, 0.2) is 24.3 Å². The molecular formula is C16H20N2O3S. The number of benzene rings is 1. The maximum Gasteiger partial charge on any atom is 0.348 e. The van der Waals surface area contributed by atoms with Gasteiger partial charge in [0.1, 0.15) is 4.88 Å². The van der Waals surface area contributed by atoms with Gasteiger partial charge in [-0.3, -0.25) is 0 Å². The minimum absolute atomic E-state index is 0.214. The number of hydrogen-bond donors (Lipinski definition) is 2. The van der Waals surface area contributed by atoms with Crippen molar-refractivity contribution in [2.45, 2.75) is 26.7 Å². The van der Waals surface area contributed by atoms with Crippen LogP contribution in [0.4, 0.5) is 10.5 Å². The SMILES string of the molecule is CCCCNC(=O)Nc1ccc2sc(C(=O)OCC)cc2c1. The predicted molar refractivity (Wildman–Crippen MR) is 89.7 cm³/mol. The van der Waals surface area contributed by atoms with Crippen molar-refractivity contribution >= 4 is 39.1 Å². The average molecular weight is 320 g/mol. The minimum Gasteiger partial charge on any atom is -0.462 e. The summed E-state index contributed by atoms with van der Waals surface area (Å²) in [5.74, 6) is -0.310. The van der Waals surface area contributed by atoms with Crippen molar-refractivity contribution in [3.05, 3.63) is 29.1 Å². The minimum atomic E-state index is -0.310. The molecule has 0 fully saturated rings. The molecule has 0 radical (unpaired) electrons. The van der Waals surface area contributed by atoms with Gasteiger partial charge in [-0.25, -0.2) is 9.59 Å². The first kappa shape index (κ1) is 16.3. The van der Waals surface area contributed by atoms with E-state index in [1.165, 1.54) is 11.3 Å². The smallest absolute Gasteiger partial charge is 0.348 e. The molecule has 0 spiro atoms. The Labute approximate surface area is 133 Å². The summed E-state index contributed by atoms with van der Waals surface area (Å²) >= 11 is 1.39. The highest BCUT2D eigenvalue weighted by Crippen LogP contribution is 2.28. The fourth-order valence-corrected chi connectivity index (χ4v) is 2.91. The number of carbonyl (C=O) groups is 2. The van der Waals surface area contributed by atoms with Crippen molar-refractivity contribution in [3.63, 3.8) is 0 Å². The van der Waals surface area contributed by atoms with Gasteiger partial charge in [0.05, 0.1) is 6.61 Å². The number of carbonyl (C=O) groups excluding carboxylic acids is 2. The number of thiophene rings is 1. The number of rotatable bonds is 6. The largest absolute Gasteiger partial charge is 0.462 e. The number of fused-ring (bicyclic) bond motifs is 1. The van der Waals surface area contributed by atoms with E-state index in [9.17, 15) is 9.59 Å². The van der Waals surface area contributed by atoms with E-state index in [0.29, 0.717) is 23.7 Å². The Hall–Kier alpha value is -2.08. The summed E-state index contributed by atoms with van der Waals surface area (Å²) in [5, 5.41) is 6.51. The topological polar surface area (TPSA) is 67.4 Å². The molecular weight excluding hydrogens is 300 g/mol. The first-order valence-corrected chi connectivity index (χ1v) is 8.21. The Morgan fingerprint density at radius 3 is 2.77 bits per heavy atom. The monoisotopic (exact) mass is 320 g/mol. The third-order valence-electron chi connectivity index (χ3n) is 3.07. The molecule has 0 aliphatic rings. The zero-order valence-electron chi connectivity index (χ0n) is 12.8. The van der Waals surface area contributed by atoms with Gasteiger partial charge in [-0.05, 0) is 43.0 Å². The van der Waals surface area contributed by atoms with Gasteiger partial charge in [0.25, 0.3) is 0 Å². The van der Waals surface area contributed by atoms with Gasteiger partial charge in [0, 0.05) is 16.9 Å². The summed E-state index contributed by atoms with van der Waals surface area (Å²) in [5.41, 5.74) is 0.703. The van der Waals surface area contributed by atoms with Gasteiger partial charge in [-0.2, -0.15) is 0 Å². The van der Waals surface area contributed by atoms with Crippen LogP contribution in [0.5, 0.6) is 0 Å². The Kier molecular flexibility index (Phi) is 5.77. The van der Waals surface area contributed by atoms with Crippen molar-refractivity contribution in [1.29, 1.82) is 0 Å². The van der Waals surface area contributed by atoms with Crippen LogP contribution in [0, 0.1) is 0 Å². The highest BCUT2D eigenvalue weighted by molar-refractivity contribution is 7.20. The van der Waals surface area contributed by atoms with Gasteiger partial charge < -0.3 is 15.4 Å². The van der Waals surface area contributed by atoms with E-state index < -0.39 is 0 Å². The van der Waals surface area contributed by atoms with E-state index in [0.717, 1.165) is 22.9 Å². The summed E-state index contributed by atoms with van der Waals surface area (Å²) in [4.78, 5) is 24.0. The van der Waals surface area contributed by atoms with E-state index in [2.05, 4.69) is 17.6 Å². The third-order valence-corrected chi connectivity index (χ3v) is 4.16. The van der Waals surface area contributed by atoms with E-state index in [4.69, 9.17) is 4.74 Å². The maximum atomic E-state index is 11.7. The summed E-state index contributed by atoms with van der Waals surface area (Å²) in [6.07, 6.45) is 2.00. The highest BCUT2D eigenvalue weighted by atomic mass is 32.1. The summed E-state index contributed by atoms with van der Waals surface area (Å²) in [6, 6.07) is 7.15. The third kappa shape index (κ3) is 4.21. The summed E-state index contributed by atoms with van der Waals surface area (Å²) < 4.78 is 5.99. The molecule has 2 amide bonds. The lowest BCUT2D eigenvalue weighted by Gasteiger charge is -2.07. The second kappa shape index (κ2) is 7.79. The Morgan fingerprint density at radius 1 is 1.23 bits per heavy atom. The molecule has 6 heteroatoms. The number of ether oxygens (including phenoxy) is 1. The number of urea groups is 1. The average Bonchev–Trinajstić information content (AvgIpc) is 2.91. The molecule has 118 valence electrons. The quantitative estimate of drug-likeness (QED) is 0.624. The van der Waals surface area contributed by atoms with Crippen molar-refractivity contribution in [2.24, 2.45) is 0 Å². The molecule has 0 saturated carbocycles. The maximum absolute atomic E-state index is 11.7. The van der Waals surface area contributed by atoms with Crippen LogP contribution in [0.1, 0.15) is 36.4 Å². The lowest BCUT2D eigenvalue weighted by atomic mass is 10.2. The molecule has 1 aromatic heterocycles. The number of hydrogen-bond acceptors (Lipinski definition) is 4. The van der Waals surface area contributed by atoms with Crippen LogP contribution in [0.2, 0.25) is 0 Å². The van der Waals surface area contributed by atoms with Gasteiger partial charge in [0.15, 0.2) is 0 Å². The van der Waals surface area contributed by atoms with Crippen molar-refractivity contribution in [3.8, 4) is 0 Å². The van der Waals surface area contributed by atoms with Crippen LogP contribution in [0.3, 0.4) is 0 Å². The zero-order chi connectivity index (χ0) is 15.9. The Bertz CT molecular complexity index is 666. The number of nitrogens with one attached hydrogen (secondary N) is 2. The van der Waals surface area contributed by atoms with Gasteiger partial charge >= 0.3 is 12.0 Å². The van der Waals surface area contributed by atoms with Gasteiger partial charge in [-0.1, -0.05) is 13.3 Å². The second-order valence-electron chi connectivity index (χ2n) is 4.82. The molecule has 0 atom stereocenters. The first-order valence-electron chi connectivity index (χ1n) is 7.39. The van der Waals surface area contributed by atoms with Crippen molar-refractivity contribution < 1.29 is 14.3 Å². The number of amides is 2. The Morgan fingerprint density at radius 2 is 2.05 bits per heavy atom. The van der Waals surface area contributed by atoms with Crippen molar-refractivity contribution in [2.75, 3.05) is 18.5 Å². The molecule has 2 N–H and O–H groups in total. The van der Waals surface area contributed by atoms with Crippen LogP contribution in [-0.4, -0.2) is 25.2 Å². The molecule has 5 nitrogen and oxygen atoms in total. The molecule has 1 heterocycles. The van der Waals surface area contributed by atoms with E-state index in [1.54, 1.807) is 13.0 Å². The molecule has 0 aliphatic heterocycles. The van der Waals surface area contributed by atoms with E-state index >= 15 is 0 Å². The van der Waals surface area contributed by atoms with Gasteiger partial charge in [0.2, 0.25) is 0 Å². The predicted octanol–water partition coefficient (Wildman–Crippen LogP) is 4.00. The van der Waals surface area contributed by atoms with E-state index in [-0.39, 0.29) is 12.0 Å². The molecule has 0 saturated heterocycles. The summed E-state index contributed by atoms with van der Waals surface area (Å²) in [7, 11) is 0. The number of anilines is 1. The first-order chi connectivity index (χ1) is 10.6. The van der Waals surface area contributed by atoms with Crippen LogP contribution in [0.25, 0.3) is 10.1 Å². The highest BCUT2D eigenvalue weighted by Gasteiger charge is 2.11. The molecule has 1 aromatic carbocycles. The second-order valence-corrected chi connectivity index (χ2v) is 5.90. The van der Waals surface area contributed by atoms with Gasteiger partial charge in [-0.15, -0.1) is 11.3 Å². The standard InChI is InChI=1S/C16H20N2O3S/c1-3-5-8-17-16(20)18-12-6-7-13-11(9-12)10-14(22-13)15(19)21-4-2/h6-7,9-10H,3-5,8H2,1-2H3,(H2,17,18,20). The van der Waals surface area contributed by atoms with Crippen LogP contribution >= 0.6 is 11.3 Å². The molecule has 0 aliphatic carbocycles. The van der Waals surface area contributed by atoms with Crippen LogP contribution < -0.4 is 10.6 Å². The molecule has 0 bridgehead atoms.